The summed E-state index contributed by atoms with van der Waals surface area (Å²) < 4.78 is 23.1. The van der Waals surface area contributed by atoms with E-state index in [0.29, 0.717) is 17.0 Å². The summed E-state index contributed by atoms with van der Waals surface area (Å²) in [5.74, 6) is -0.984. The number of benzene rings is 2. The van der Waals surface area contributed by atoms with Crippen LogP contribution in [0.2, 0.25) is 5.02 Å². The van der Waals surface area contributed by atoms with E-state index in [1.807, 2.05) is 0 Å². The molecule has 7 heteroatoms. The van der Waals surface area contributed by atoms with Gasteiger partial charge in [-0.25, -0.2) is 9.18 Å². The van der Waals surface area contributed by atoms with E-state index in [4.69, 9.17) is 16.3 Å². The number of hydrogen-bond acceptors (Lipinski definition) is 4. The van der Waals surface area contributed by atoms with Gasteiger partial charge in [0.2, 0.25) is 0 Å². The quantitative estimate of drug-likeness (QED) is 0.835. The molecule has 0 unspecified atom stereocenters. The first-order valence-electron chi connectivity index (χ1n) is 7.01. The molecule has 0 heterocycles. The summed E-state index contributed by atoms with van der Waals surface area (Å²) in [5, 5.41) is 2.65. The van der Waals surface area contributed by atoms with Crippen LogP contribution in [-0.2, 0) is 9.53 Å². The number of halogens is 2. The molecule has 0 aliphatic heterocycles. The van der Waals surface area contributed by atoms with E-state index in [1.54, 1.807) is 19.1 Å². The predicted molar refractivity (Wildman–Crippen MR) is 87.9 cm³/mol. The molecule has 5 nitrogen and oxygen atoms in total. The highest BCUT2D eigenvalue weighted by Crippen LogP contribution is 2.23. The third kappa shape index (κ3) is 4.45. The first-order valence-corrected chi connectivity index (χ1v) is 7.39. The maximum absolute atomic E-state index is 13.0. The lowest BCUT2D eigenvalue weighted by atomic mass is 10.2. The Balaban J connectivity index is 1.99. The zero-order chi connectivity index (χ0) is 17.7. The lowest BCUT2D eigenvalue weighted by Crippen LogP contribution is -2.30. The van der Waals surface area contributed by atoms with Crippen molar-refractivity contribution in [3.8, 4) is 5.75 Å². The number of carbonyl (C=O) groups excluding carboxylic acids is 2. The molecule has 0 aliphatic rings. The predicted octanol–water partition coefficient (Wildman–Crippen LogP) is 3.67. The molecule has 1 atom stereocenters. The van der Waals surface area contributed by atoms with Gasteiger partial charge >= 0.3 is 5.97 Å². The van der Waals surface area contributed by atoms with Gasteiger partial charge in [0, 0.05) is 0 Å². The number of rotatable bonds is 5. The van der Waals surface area contributed by atoms with E-state index in [0.717, 1.165) is 6.07 Å². The summed E-state index contributed by atoms with van der Waals surface area (Å²) in [5.41, 5.74) is 0.666. The normalized spacial score (nSPS) is 11.5. The van der Waals surface area contributed by atoms with Crippen molar-refractivity contribution in [1.82, 2.24) is 0 Å². The Morgan fingerprint density at radius 1 is 1.17 bits per heavy atom. The maximum Gasteiger partial charge on any atom is 0.337 e. The van der Waals surface area contributed by atoms with Crippen molar-refractivity contribution >= 4 is 29.2 Å². The summed E-state index contributed by atoms with van der Waals surface area (Å²) in [6.07, 6.45) is -0.824. The molecule has 0 aromatic heterocycles. The van der Waals surface area contributed by atoms with Crippen molar-refractivity contribution in [3.63, 3.8) is 0 Å². The highest BCUT2D eigenvalue weighted by molar-refractivity contribution is 6.33. The molecule has 1 N–H and O–H groups in total. The Bertz CT molecular complexity index is 749. The van der Waals surface area contributed by atoms with Gasteiger partial charge in [-0.05, 0) is 49.4 Å². The van der Waals surface area contributed by atoms with Crippen molar-refractivity contribution in [3.05, 3.63) is 58.9 Å². The Kier molecular flexibility index (Phi) is 5.76. The molecular weight excluding hydrogens is 337 g/mol. The molecule has 0 fully saturated rings. The second-order valence-electron chi connectivity index (χ2n) is 4.89. The number of methoxy groups -OCH3 is 1. The minimum atomic E-state index is -0.824. The van der Waals surface area contributed by atoms with Gasteiger partial charge in [0.1, 0.15) is 11.6 Å². The van der Waals surface area contributed by atoms with Gasteiger partial charge in [-0.2, -0.15) is 0 Å². The third-order valence-electron chi connectivity index (χ3n) is 3.15. The van der Waals surface area contributed by atoms with Crippen LogP contribution in [-0.4, -0.2) is 25.1 Å². The molecule has 1 amide bonds. The summed E-state index contributed by atoms with van der Waals surface area (Å²) in [6.45, 7) is 1.56. The monoisotopic (exact) mass is 351 g/mol. The van der Waals surface area contributed by atoms with Gasteiger partial charge < -0.3 is 14.8 Å². The molecule has 2 aromatic rings. The van der Waals surface area contributed by atoms with Gasteiger partial charge in [-0.1, -0.05) is 11.6 Å². The average molecular weight is 352 g/mol. The molecule has 0 saturated carbocycles. The van der Waals surface area contributed by atoms with E-state index < -0.39 is 23.8 Å². The van der Waals surface area contributed by atoms with Crippen LogP contribution in [0, 0.1) is 5.82 Å². The zero-order valence-electron chi connectivity index (χ0n) is 13.0. The standard InChI is InChI=1S/C17H15ClFNO4/c1-10(16(21)20-15-8-5-12(19)9-14(15)18)24-13-6-3-11(4-7-13)17(22)23-2/h3-10H,1-2H3,(H,20,21)/t10-/m0/s1. The molecule has 0 aliphatic carbocycles. The van der Waals surface area contributed by atoms with Crippen LogP contribution in [0.3, 0.4) is 0 Å². The van der Waals surface area contributed by atoms with Crippen molar-refractivity contribution in [2.24, 2.45) is 0 Å². The van der Waals surface area contributed by atoms with E-state index in [2.05, 4.69) is 10.1 Å². The summed E-state index contributed by atoms with van der Waals surface area (Å²) in [6, 6.07) is 9.84. The van der Waals surface area contributed by atoms with Crippen molar-refractivity contribution in [2.75, 3.05) is 12.4 Å². The number of amides is 1. The van der Waals surface area contributed by atoms with E-state index in [9.17, 15) is 14.0 Å². The van der Waals surface area contributed by atoms with Gasteiger partial charge in [-0.3, -0.25) is 4.79 Å². The summed E-state index contributed by atoms with van der Waals surface area (Å²) >= 11 is 5.86. The lowest BCUT2D eigenvalue weighted by molar-refractivity contribution is -0.122. The number of anilines is 1. The van der Waals surface area contributed by atoms with Crippen LogP contribution >= 0.6 is 11.6 Å². The van der Waals surface area contributed by atoms with Gasteiger partial charge in [0.05, 0.1) is 23.4 Å². The second kappa shape index (κ2) is 7.79. The Morgan fingerprint density at radius 2 is 1.83 bits per heavy atom. The van der Waals surface area contributed by atoms with Gasteiger partial charge in [-0.15, -0.1) is 0 Å². The fourth-order valence-corrected chi connectivity index (χ4v) is 2.08. The fraction of sp³-hybridized carbons (Fsp3) is 0.176. The molecule has 2 aromatic carbocycles. The smallest absolute Gasteiger partial charge is 0.337 e. The Hall–Kier alpha value is -2.60. The first-order chi connectivity index (χ1) is 11.4. The van der Waals surface area contributed by atoms with E-state index in [1.165, 1.54) is 31.4 Å². The van der Waals surface area contributed by atoms with Crippen LogP contribution in [0.5, 0.6) is 5.75 Å². The van der Waals surface area contributed by atoms with E-state index >= 15 is 0 Å². The molecule has 2 rings (SSSR count). The minimum absolute atomic E-state index is 0.0954. The molecule has 0 radical (unpaired) electrons. The summed E-state index contributed by atoms with van der Waals surface area (Å²) in [7, 11) is 1.29. The lowest BCUT2D eigenvalue weighted by Gasteiger charge is -2.15. The molecule has 0 spiro atoms. The first kappa shape index (κ1) is 17.7. The highest BCUT2D eigenvalue weighted by Gasteiger charge is 2.16. The van der Waals surface area contributed by atoms with Crippen LogP contribution in [0.25, 0.3) is 0 Å². The topological polar surface area (TPSA) is 64.6 Å². The van der Waals surface area contributed by atoms with Crippen molar-refractivity contribution < 1.29 is 23.5 Å². The Morgan fingerprint density at radius 3 is 2.42 bits per heavy atom. The highest BCUT2D eigenvalue weighted by atomic mass is 35.5. The van der Waals surface area contributed by atoms with Crippen LogP contribution in [0.15, 0.2) is 42.5 Å². The van der Waals surface area contributed by atoms with Crippen molar-refractivity contribution in [1.29, 1.82) is 0 Å². The third-order valence-corrected chi connectivity index (χ3v) is 3.46. The van der Waals surface area contributed by atoms with Gasteiger partial charge in [0.25, 0.3) is 5.91 Å². The maximum atomic E-state index is 13.0. The minimum Gasteiger partial charge on any atom is -0.481 e. The van der Waals surface area contributed by atoms with Gasteiger partial charge in [0.15, 0.2) is 6.10 Å². The molecule has 24 heavy (non-hydrogen) atoms. The SMILES string of the molecule is COC(=O)c1ccc(O[C@@H](C)C(=O)Nc2ccc(F)cc2Cl)cc1. The number of hydrogen-bond donors (Lipinski definition) is 1. The average Bonchev–Trinajstić information content (AvgIpc) is 2.57. The van der Waals surface area contributed by atoms with E-state index in [-0.39, 0.29) is 5.02 Å². The number of esters is 1. The molecule has 0 bridgehead atoms. The van der Waals surface area contributed by atoms with Crippen LogP contribution in [0.1, 0.15) is 17.3 Å². The zero-order valence-corrected chi connectivity index (χ0v) is 13.8. The largest absolute Gasteiger partial charge is 0.481 e. The summed E-state index contributed by atoms with van der Waals surface area (Å²) in [4.78, 5) is 23.5. The molecule has 126 valence electrons. The van der Waals surface area contributed by atoms with Crippen LogP contribution < -0.4 is 10.1 Å². The molecule has 0 saturated heterocycles. The fourth-order valence-electron chi connectivity index (χ4n) is 1.87. The molecular formula is C17H15ClFNO4. The van der Waals surface area contributed by atoms with Crippen molar-refractivity contribution in [2.45, 2.75) is 13.0 Å². The number of nitrogens with one attached hydrogen (secondary N) is 1. The van der Waals surface area contributed by atoms with Crippen LogP contribution in [0.4, 0.5) is 10.1 Å². The number of ether oxygens (including phenoxy) is 2. The Labute approximate surface area is 143 Å². The second-order valence-corrected chi connectivity index (χ2v) is 5.30. The number of carbonyl (C=O) groups is 2.